The second-order valence-electron chi connectivity index (χ2n) is 7.88. The van der Waals surface area contributed by atoms with Gasteiger partial charge in [0.25, 0.3) is 0 Å². The maximum Gasteiger partial charge on any atom is 0.194 e. The average molecular weight is 397 g/mol. The van der Waals surface area contributed by atoms with E-state index in [9.17, 15) is 0 Å². The maximum atomic E-state index is 5.99. The Labute approximate surface area is 173 Å². The zero-order chi connectivity index (χ0) is 20.1. The average Bonchev–Trinajstić information content (AvgIpc) is 3.41. The highest BCUT2D eigenvalue weighted by Crippen LogP contribution is 2.24. The van der Waals surface area contributed by atoms with Crippen molar-refractivity contribution in [2.45, 2.75) is 19.4 Å². The number of nitrogens with one attached hydrogen (secondary N) is 1. The van der Waals surface area contributed by atoms with Gasteiger partial charge in [-0.2, -0.15) is 5.10 Å². The molecule has 2 aromatic rings. The summed E-state index contributed by atoms with van der Waals surface area (Å²) in [6, 6.07) is 10.7. The predicted octanol–water partition coefficient (Wildman–Crippen LogP) is 2.29. The van der Waals surface area contributed by atoms with Crippen LogP contribution in [0.15, 0.2) is 47.7 Å². The Kier molecular flexibility index (Phi) is 6.34. The number of hydrogen-bond acceptors (Lipinski definition) is 4. The van der Waals surface area contributed by atoms with E-state index < -0.39 is 0 Å². The molecule has 2 fully saturated rings. The van der Waals surface area contributed by atoms with E-state index in [1.54, 1.807) is 0 Å². The van der Waals surface area contributed by atoms with Gasteiger partial charge in [-0.3, -0.25) is 9.67 Å². The molecule has 2 atom stereocenters. The quantitative estimate of drug-likeness (QED) is 0.621. The molecule has 2 aliphatic heterocycles. The molecule has 2 saturated heterocycles. The van der Waals surface area contributed by atoms with Crippen LogP contribution in [0.3, 0.4) is 0 Å². The second kappa shape index (κ2) is 9.31. The Hall–Kier alpha value is -2.54. The highest BCUT2D eigenvalue weighted by atomic mass is 16.5. The van der Waals surface area contributed by atoms with Gasteiger partial charge in [-0.05, 0) is 31.4 Å². The predicted molar refractivity (Wildman–Crippen MR) is 116 cm³/mol. The van der Waals surface area contributed by atoms with Crippen molar-refractivity contribution in [3.8, 4) is 0 Å². The lowest BCUT2D eigenvalue weighted by Gasteiger charge is -2.35. The van der Waals surface area contributed by atoms with E-state index in [0.29, 0.717) is 12.5 Å². The van der Waals surface area contributed by atoms with Gasteiger partial charge < -0.3 is 19.9 Å². The van der Waals surface area contributed by atoms with Crippen LogP contribution in [0.2, 0.25) is 0 Å². The summed E-state index contributed by atoms with van der Waals surface area (Å²) in [4.78, 5) is 9.81. The van der Waals surface area contributed by atoms with Crippen LogP contribution in [0.5, 0.6) is 0 Å². The van der Waals surface area contributed by atoms with Crippen molar-refractivity contribution in [3.63, 3.8) is 0 Å². The molecule has 3 heterocycles. The number of benzene rings is 1. The van der Waals surface area contributed by atoms with Crippen LogP contribution in [0.25, 0.3) is 0 Å². The van der Waals surface area contributed by atoms with Crippen molar-refractivity contribution in [2.75, 3.05) is 50.8 Å². The fourth-order valence-corrected chi connectivity index (χ4v) is 4.15. The van der Waals surface area contributed by atoms with Gasteiger partial charge in [0.1, 0.15) is 6.10 Å². The van der Waals surface area contributed by atoms with Gasteiger partial charge in [0, 0.05) is 57.2 Å². The number of guanidine groups is 1. The largest absolute Gasteiger partial charge is 0.371 e. The van der Waals surface area contributed by atoms with Gasteiger partial charge in [0.05, 0.1) is 19.3 Å². The van der Waals surface area contributed by atoms with Crippen LogP contribution in [0, 0.1) is 5.92 Å². The van der Waals surface area contributed by atoms with Gasteiger partial charge in [-0.15, -0.1) is 0 Å². The van der Waals surface area contributed by atoms with E-state index in [1.165, 1.54) is 12.1 Å². The zero-order valence-electron chi connectivity index (χ0n) is 17.5. The van der Waals surface area contributed by atoms with E-state index in [1.807, 2.05) is 24.1 Å². The summed E-state index contributed by atoms with van der Waals surface area (Å²) in [5, 5.41) is 7.77. The summed E-state index contributed by atoms with van der Waals surface area (Å²) in [5.74, 6) is 1.60. The first kappa shape index (κ1) is 19.8. The van der Waals surface area contributed by atoms with Crippen molar-refractivity contribution < 1.29 is 4.74 Å². The number of para-hydroxylation sites is 1. The summed E-state index contributed by atoms with van der Waals surface area (Å²) < 4.78 is 7.82. The van der Waals surface area contributed by atoms with Gasteiger partial charge in [0.2, 0.25) is 0 Å². The van der Waals surface area contributed by atoms with Crippen molar-refractivity contribution >= 4 is 11.6 Å². The van der Waals surface area contributed by atoms with Crippen LogP contribution >= 0.6 is 0 Å². The third kappa shape index (κ3) is 4.90. The maximum absolute atomic E-state index is 5.99. The van der Waals surface area contributed by atoms with Crippen molar-refractivity contribution in [2.24, 2.45) is 18.0 Å². The lowest BCUT2D eigenvalue weighted by molar-refractivity contribution is -0.00805. The third-order valence-corrected chi connectivity index (χ3v) is 5.70. The summed E-state index contributed by atoms with van der Waals surface area (Å²) in [6.07, 6.45) is 5.17. The molecule has 0 spiro atoms. The van der Waals surface area contributed by atoms with Gasteiger partial charge >= 0.3 is 0 Å². The van der Waals surface area contributed by atoms with Crippen molar-refractivity contribution in [3.05, 3.63) is 48.3 Å². The normalized spacial score (nSPS) is 22.9. The Morgan fingerprint density at radius 2 is 2.10 bits per heavy atom. The molecule has 29 heavy (non-hydrogen) atoms. The zero-order valence-corrected chi connectivity index (χ0v) is 17.5. The molecule has 4 rings (SSSR count). The molecule has 0 saturated carbocycles. The van der Waals surface area contributed by atoms with E-state index in [-0.39, 0.29) is 6.10 Å². The van der Waals surface area contributed by atoms with E-state index in [4.69, 9.17) is 9.73 Å². The van der Waals surface area contributed by atoms with E-state index in [2.05, 4.69) is 57.5 Å². The molecule has 1 aromatic heterocycles. The Bertz CT molecular complexity index is 805. The number of morpholine rings is 1. The van der Waals surface area contributed by atoms with Crippen LogP contribution in [-0.4, -0.2) is 66.5 Å². The number of aryl methyl sites for hydroxylation is 1. The number of hydrogen-bond donors (Lipinski definition) is 1. The Balaban J connectivity index is 1.37. The van der Waals surface area contributed by atoms with Gasteiger partial charge in [-0.25, -0.2) is 0 Å². The first-order valence-corrected chi connectivity index (χ1v) is 10.7. The standard InChI is InChI=1S/C22H32N6O/c1-3-23-22(28-11-12-29-21(17-28)19-14-25-26(2)16-19)24-13-18-9-10-27(15-18)20-7-5-4-6-8-20/h4-8,14,16,18,21H,3,9-13,15,17H2,1-2H3,(H,23,24). The molecule has 0 aliphatic carbocycles. The minimum absolute atomic E-state index is 0.0429. The lowest BCUT2D eigenvalue weighted by Crippen LogP contribution is -2.48. The molecule has 2 aliphatic rings. The minimum Gasteiger partial charge on any atom is -0.371 e. The third-order valence-electron chi connectivity index (χ3n) is 5.70. The van der Waals surface area contributed by atoms with Gasteiger partial charge in [0.15, 0.2) is 5.96 Å². The number of aromatic nitrogens is 2. The van der Waals surface area contributed by atoms with Crippen molar-refractivity contribution in [1.82, 2.24) is 20.0 Å². The molecule has 0 bridgehead atoms. The number of anilines is 1. The fourth-order valence-electron chi connectivity index (χ4n) is 4.15. The molecular weight excluding hydrogens is 364 g/mol. The number of rotatable bonds is 5. The molecule has 0 radical (unpaired) electrons. The topological polar surface area (TPSA) is 57.9 Å². The Morgan fingerprint density at radius 3 is 2.86 bits per heavy atom. The monoisotopic (exact) mass is 396 g/mol. The Morgan fingerprint density at radius 1 is 1.24 bits per heavy atom. The molecule has 0 amide bonds. The smallest absolute Gasteiger partial charge is 0.194 e. The van der Waals surface area contributed by atoms with Crippen LogP contribution in [-0.2, 0) is 11.8 Å². The minimum atomic E-state index is 0.0429. The summed E-state index contributed by atoms with van der Waals surface area (Å²) in [7, 11) is 1.94. The molecule has 1 N–H and O–H groups in total. The van der Waals surface area contributed by atoms with Crippen LogP contribution < -0.4 is 10.2 Å². The lowest BCUT2D eigenvalue weighted by atomic mass is 10.1. The number of nitrogens with zero attached hydrogens (tertiary/aromatic N) is 5. The molecule has 7 nitrogen and oxygen atoms in total. The summed E-state index contributed by atoms with van der Waals surface area (Å²) in [5.41, 5.74) is 2.45. The number of aliphatic imine (C=N–C) groups is 1. The van der Waals surface area contributed by atoms with Crippen LogP contribution in [0.1, 0.15) is 25.0 Å². The van der Waals surface area contributed by atoms with Gasteiger partial charge in [-0.1, -0.05) is 18.2 Å². The highest BCUT2D eigenvalue weighted by Gasteiger charge is 2.26. The van der Waals surface area contributed by atoms with Crippen LogP contribution in [0.4, 0.5) is 5.69 Å². The molecular formula is C22H32N6O. The molecule has 7 heteroatoms. The molecule has 1 aromatic carbocycles. The molecule has 156 valence electrons. The fraction of sp³-hybridized carbons (Fsp3) is 0.545. The highest BCUT2D eigenvalue weighted by molar-refractivity contribution is 5.80. The first-order chi connectivity index (χ1) is 14.2. The molecule has 2 unspecified atom stereocenters. The SMILES string of the molecule is CCNC(=NCC1CCN(c2ccccc2)C1)N1CCOC(c2cnn(C)c2)C1. The number of ether oxygens (including phenoxy) is 1. The van der Waals surface area contributed by atoms with E-state index >= 15 is 0 Å². The van der Waals surface area contributed by atoms with Crippen molar-refractivity contribution in [1.29, 1.82) is 0 Å². The first-order valence-electron chi connectivity index (χ1n) is 10.7. The summed E-state index contributed by atoms with van der Waals surface area (Å²) in [6.45, 7) is 8.42. The second-order valence-corrected chi connectivity index (χ2v) is 7.88. The summed E-state index contributed by atoms with van der Waals surface area (Å²) >= 11 is 0. The van der Waals surface area contributed by atoms with E-state index in [0.717, 1.165) is 50.8 Å².